The van der Waals surface area contributed by atoms with Gasteiger partial charge in [0.1, 0.15) is 5.75 Å². The molecule has 1 aromatic rings. The topological polar surface area (TPSA) is 52.6 Å². The highest BCUT2D eigenvalue weighted by Crippen LogP contribution is 2.22. The summed E-state index contributed by atoms with van der Waals surface area (Å²) in [6, 6.07) is 3.54. The maximum Gasteiger partial charge on any atom is 0.306 e. The molecule has 0 bridgehead atoms. The Labute approximate surface area is 81.4 Å². The van der Waals surface area contributed by atoms with Gasteiger partial charge in [-0.2, -0.15) is 8.42 Å². The molecule has 14 heavy (non-hydrogen) atoms. The molecular weight excluding hydrogens is 211 g/mol. The van der Waals surface area contributed by atoms with Crippen molar-refractivity contribution in [2.45, 2.75) is 0 Å². The average molecular weight is 220 g/mol. The molecule has 0 atom stereocenters. The quantitative estimate of drug-likeness (QED) is 0.717. The fourth-order valence-corrected chi connectivity index (χ4v) is 1.33. The fraction of sp³-hybridized carbons (Fsp3) is 0.250. The molecule has 6 heteroatoms. The van der Waals surface area contributed by atoms with Gasteiger partial charge < -0.3 is 8.92 Å². The van der Waals surface area contributed by atoms with Gasteiger partial charge in [0.2, 0.25) is 0 Å². The lowest BCUT2D eigenvalue weighted by Gasteiger charge is -2.05. The SMILES string of the molecule is COc1ccc(OS(C)(=O)=O)cc1F. The van der Waals surface area contributed by atoms with Gasteiger partial charge in [-0.1, -0.05) is 0 Å². The summed E-state index contributed by atoms with van der Waals surface area (Å²) in [6.07, 6.45) is 0.884. The summed E-state index contributed by atoms with van der Waals surface area (Å²) in [7, 11) is -2.31. The van der Waals surface area contributed by atoms with Crippen LogP contribution in [0.1, 0.15) is 0 Å². The molecule has 1 aromatic carbocycles. The molecule has 0 saturated carbocycles. The Morgan fingerprint density at radius 2 is 2.00 bits per heavy atom. The lowest BCUT2D eigenvalue weighted by molar-refractivity contribution is 0.384. The van der Waals surface area contributed by atoms with Gasteiger partial charge >= 0.3 is 10.1 Å². The molecule has 0 aliphatic heterocycles. The first-order valence-corrected chi connectivity index (χ1v) is 5.47. The van der Waals surface area contributed by atoms with E-state index in [1.807, 2.05) is 0 Å². The van der Waals surface area contributed by atoms with Crippen molar-refractivity contribution in [1.82, 2.24) is 0 Å². The van der Waals surface area contributed by atoms with Crippen molar-refractivity contribution in [3.63, 3.8) is 0 Å². The number of hydrogen-bond acceptors (Lipinski definition) is 4. The van der Waals surface area contributed by atoms with E-state index in [1.165, 1.54) is 19.2 Å². The highest BCUT2D eigenvalue weighted by atomic mass is 32.2. The Bertz CT molecular complexity index is 427. The molecule has 0 radical (unpaired) electrons. The molecule has 4 nitrogen and oxygen atoms in total. The minimum absolute atomic E-state index is 0.0332. The van der Waals surface area contributed by atoms with Gasteiger partial charge in [-0.05, 0) is 12.1 Å². The third-order valence-electron chi connectivity index (χ3n) is 1.37. The number of hydrogen-bond donors (Lipinski definition) is 0. The molecule has 0 amide bonds. The van der Waals surface area contributed by atoms with Gasteiger partial charge in [0.25, 0.3) is 0 Å². The van der Waals surface area contributed by atoms with Crippen LogP contribution in [-0.4, -0.2) is 21.8 Å². The van der Waals surface area contributed by atoms with E-state index in [0.29, 0.717) is 0 Å². The molecule has 0 spiro atoms. The molecule has 0 N–H and O–H groups in total. The summed E-state index contributed by atoms with van der Waals surface area (Å²) in [5, 5.41) is 0. The van der Waals surface area contributed by atoms with Crippen molar-refractivity contribution in [2.75, 3.05) is 13.4 Å². The third-order valence-corrected chi connectivity index (χ3v) is 1.87. The van der Waals surface area contributed by atoms with Crippen molar-refractivity contribution in [3.8, 4) is 11.5 Å². The highest BCUT2D eigenvalue weighted by molar-refractivity contribution is 7.86. The molecule has 0 unspecified atom stereocenters. The average Bonchev–Trinajstić information content (AvgIpc) is 2.01. The Morgan fingerprint density at radius 1 is 1.36 bits per heavy atom. The number of rotatable bonds is 3. The summed E-state index contributed by atoms with van der Waals surface area (Å²) < 4.78 is 43.5. The minimum atomic E-state index is -3.62. The Hall–Kier alpha value is -1.30. The second kappa shape index (κ2) is 3.83. The van der Waals surface area contributed by atoms with Crippen molar-refractivity contribution in [3.05, 3.63) is 24.0 Å². The first kappa shape index (κ1) is 10.8. The van der Waals surface area contributed by atoms with Crippen LogP contribution in [-0.2, 0) is 10.1 Å². The van der Waals surface area contributed by atoms with Crippen molar-refractivity contribution in [1.29, 1.82) is 0 Å². The van der Waals surface area contributed by atoms with Crippen LogP contribution in [0, 0.1) is 5.82 Å². The van der Waals surface area contributed by atoms with Crippen LogP contribution >= 0.6 is 0 Å². The van der Waals surface area contributed by atoms with E-state index in [1.54, 1.807) is 0 Å². The third kappa shape index (κ3) is 2.88. The normalized spacial score (nSPS) is 11.1. The van der Waals surface area contributed by atoms with Crippen molar-refractivity contribution < 1.29 is 21.7 Å². The summed E-state index contributed by atoms with van der Waals surface area (Å²) in [5.74, 6) is -0.717. The first-order valence-electron chi connectivity index (χ1n) is 3.65. The molecule has 1 rings (SSSR count). The van der Waals surface area contributed by atoms with Crippen LogP contribution in [0.2, 0.25) is 0 Å². The second-order valence-electron chi connectivity index (χ2n) is 2.58. The summed E-state index contributed by atoms with van der Waals surface area (Å²) in [5.41, 5.74) is 0. The molecule has 0 aliphatic rings. The van der Waals surface area contributed by atoms with E-state index in [4.69, 9.17) is 0 Å². The monoisotopic (exact) mass is 220 g/mol. The highest BCUT2D eigenvalue weighted by Gasteiger charge is 2.08. The molecule has 78 valence electrons. The largest absolute Gasteiger partial charge is 0.494 e. The molecule has 0 aliphatic carbocycles. The second-order valence-corrected chi connectivity index (χ2v) is 4.16. The van der Waals surface area contributed by atoms with Crippen molar-refractivity contribution >= 4 is 10.1 Å². The van der Waals surface area contributed by atoms with Crippen molar-refractivity contribution in [2.24, 2.45) is 0 Å². The predicted octanol–water partition coefficient (Wildman–Crippen LogP) is 1.17. The Morgan fingerprint density at radius 3 is 2.43 bits per heavy atom. The molecular formula is C8H9FO4S. The molecule has 0 saturated heterocycles. The van der Waals surface area contributed by atoms with Crippen LogP contribution < -0.4 is 8.92 Å². The lowest BCUT2D eigenvalue weighted by atomic mass is 10.3. The van der Waals surface area contributed by atoms with E-state index in [0.717, 1.165) is 12.3 Å². The number of methoxy groups -OCH3 is 1. The summed E-state index contributed by atoms with van der Waals surface area (Å²) in [4.78, 5) is 0. The zero-order valence-electron chi connectivity index (χ0n) is 7.65. The van der Waals surface area contributed by atoms with Crippen LogP contribution in [0.4, 0.5) is 4.39 Å². The van der Waals surface area contributed by atoms with Gasteiger partial charge in [0.15, 0.2) is 11.6 Å². The smallest absolute Gasteiger partial charge is 0.306 e. The summed E-state index contributed by atoms with van der Waals surface area (Å²) in [6.45, 7) is 0. The first-order chi connectivity index (χ1) is 6.42. The van der Waals surface area contributed by atoms with Gasteiger partial charge in [0.05, 0.1) is 13.4 Å². The van der Waals surface area contributed by atoms with Gasteiger partial charge in [-0.3, -0.25) is 0 Å². The van der Waals surface area contributed by atoms with E-state index >= 15 is 0 Å². The maximum atomic E-state index is 13.0. The van der Waals surface area contributed by atoms with E-state index in [-0.39, 0.29) is 11.5 Å². The van der Waals surface area contributed by atoms with Crippen LogP contribution in [0.5, 0.6) is 11.5 Å². The fourth-order valence-electron chi connectivity index (χ4n) is 0.874. The predicted molar refractivity (Wildman–Crippen MR) is 48.4 cm³/mol. The van der Waals surface area contributed by atoms with E-state index in [9.17, 15) is 12.8 Å². The van der Waals surface area contributed by atoms with Crippen LogP contribution in [0.15, 0.2) is 18.2 Å². The summed E-state index contributed by atoms with van der Waals surface area (Å²) >= 11 is 0. The minimum Gasteiger partial charge on any atom is -0.494 e. The molecule has 0 aromatic heterocycles. The van der Waals surface area contributed by atoms with Gasteiger partial charge in [-0.15, -0.1) is 0 Å². The number of halogens is 1. The number of ether oxygens (including phenoxy) is 1. The zero-order chi connectivity index (χ0) is 10.8. The van der Waals surface area contributed by atoms with E-state index < -0.39 is 15.9 Å². The Kier molecular flexibility index (Phi) is 2.95. The van der Waals surface area contributed by atoms with Gasteiger partial charge in [0, 0.05) is 6.07 Å². The standard InChI is InChI=1S/C8H9FO4S/c1-12-8-4-3-6(5-7(8)9)13-14(2,10)11/h3-5H,1-2H3. The van der Waals surface area contributed by atoms with Gasteiger partial charge in [-0.25, -0.2) is 4.39 Å². The van der Waals surface area contributed by atoms with Crippen LogP contribution in [0.3, 0.4) is 0 Å². The van der Waals surface area contributed by atoms with Crippen LogP contribution in [0.25, 0.3) is 0 Å². The zero-order valence-corrected chi connectivity index (χ0v) is 8.47. The lowest BCUT2D eigenvalue weighted by Crippen LogP contribution is -2.05. The molecule has 0 fully saturated rings. The molecule has 0 heterocycles. The number of benzene rings is 1. The Balaban J connectivity index is 2.98. The maximum absolute atomic E-state index is 13.0. The van der Waals surface area contributed by atoms with E-state index in [2.05, 4.69) is 8.92 Å².